The molecule has 0 N–H and O–H groups in total. The first-order chi connectivity index (χ1) is 10.1. The zero-order chi connectivity index (χ0) is 19.8. The number of alkyl halides is 5. The van der Waals surface area contributed by atoms with Gasteiger partial charge in [-0.05, 0) is 58.9 Å². The summed E-state index contributed by atoms with van der Waals surface area (Å²) in [7, 11) is -11.2. The van der Waals surface area contributed by atoms with E-state index >= 15 is 0 Å². The van der Waals surface area contributed by atoms with Crippen molar-refractivity contribution in [2.75, 3.05) is 0 Å². The molecule has 0 bridgehead atoms. The van der Waals surface area contributed by atoms with Gasteiger partial charge in [-0.15, -0.1) is 0 Å². The molecule has 0 aliphatic carbocycles. The molecule has 146 valence electrons. The van der Waals surface area contributed by atoms with Gasteiger partial charge in [-0.3, -0.25) is 0 Å². The molecule has 24 heavy (non-hydrogen) atoms. The van der Waals surface area contributed by atoms with Crippen molar-refractivity contribution in [2.24, 2.45) is 0 Å². The lowest BCUT2D eigenvalue weighted by atomic mass is 10.4. The van der Waals surface area contributed by atoms with Crippen LogP contribution in [0.1, 0.15) is 0 Å². The predicted octanol–water partition coefficient (Wildman–Crippen LogP) is 5.68. The zero-order valence-electron chi connectivity index (χ0n) is 15.8. The normalized spacial score (nSPS) is 17.8. The first-order valence-electron chi connectivity index (χ1n) is 7.63. The Bertz CT molecular complexity index is 432. The zero-order valence-corrected chi connectivity index (χ0v) is 19.8. The lowest BCUT2D eigenvalue weighted by molar-refractivity contribution is -0.274. The highest BCUT2D eigenvalue weighted by atomic mass is 28.5. The predicted molar refractivity (Wildman–Crippen MR) is 94.9 cm³/mol. The Balaban J connectivity index is 5.60. The molecule has 0 saturated heterocycles. The fourth-order valence-electron chi connectivity index (χ4n) is 2.52. The van der Waals surface area contributed by atoms with Crippen molar-refractivity contribution < 1.29 is 34.3 Å². The quantitative estimate of drug-likeness (QED) is 0.368. The third-order valence-electron chi connectivity index (χ3n) is 2.49. The maximum atomic E-state index is 13.7. The van der Waals surface area contributed by atoms with Crippen molar-refractivity contribution in [3.8, 4) is 0 Å². The molecule has 12 heteroatoms. The molecule has 0 saturated carbocycles. The Kier molecular flexibility index (Phi) is 7.31. The van der Waals surface area contributed by atoms with E-state index in [4.69, 9.17) is 12.3 Å². The van der Waals surface area contributed by atoms with Crippen LogP contribution in [-0.4, -0.2) is 45.9 Å². The van der Waals surface area contributed by atoms with Gasteiger partial charge in [0.25, 0.3) is 0 Å². The summed E-state index contributed by atoms with van der Waals surface area (Å²) in [6.45, 7) is 15.6. The fourth-order valence-corrected chi connectivity index (χ4v) is 20.4. The molecule has 0 fully saturated rings. The van der Waals surface area contributed by atoms with E-state index in [0.29, 0.717) is 0 Å². The lowest BCUT2D eigenvalue weighted by Gasteiger charge is -2.42. The van der Waals surface area contributed by atoms with Crippen molar-refractivity contribution in [2.45, 2.75) is 77.1 Å². The number of halogens is 5. The SMILES string of the molecule is C[Si](C)(C)O[Si](C)(C)O[Si](C)(CC(F)(F)C(F)(F)F)O[Si](C)(C)C. The van der Waals surface area contributed by atoms with Gasteiger partial charge < -0.3 is 12.3 Å². The summed E-state index contributed by atoms with van der Waals surface area (Å²) in [6.07, 6.45) is -5.63. The maximum Gasteiger partial charge on any atom is 0.453 e. The van der Waals surface area contributed by atoms with Crippen LogP contribution in [0.5, 0.6) is 0 Å². The van der Waals surface area contributed by atoms with Gasteiger partial charge >= 0.3 is 29.2 Å². The molecule has 1 unspecified atom stereocenters. The summed E-state index contributed by atoms with van der Waals surface area (Å²) < 4.78 is 82.8. The van der Waals surface area contributed by atoms with E-state index in [-0.39, 0.29) is 0 Å². The lowest BCUT2D eigenvalue weighted by Crippen LogP contribution is -2.59. The van der Waals surface area contributed by atoms with Gasteiger partial charge in [-0.1, -0.05) is 0 Å². The number of hydrogen-bond donors (Lipinski definition) is 0. The molecule has 0 aliphatic heterocycles. The fraction of sp³-hybridized carbons (Fsp3) is 1.00. The Morgan fingerprint density at radius 2 is 1.00 bits per heavy atom. The standard InChI is InChI=1S/C12H29F5O3Si4/c1-21(2,3)18-23(7,8)20-24(9,19-22(4,5)6)10-11(13,14)12(15,16)17/h10H2,1-9H3. The van der Waals surface area contributed by atoms with Gasteiger partial charge in [0.05, 0.1) is 6.04 Å². The van der Waals surface area contributed by atoms with Crippen LogP contribution in [0.2, 0.25) is 65.0 Å². The highest BCUT2D eigenvalue weighted by Gasteiger charge is 2.63. The molecule has 1 atom stereocenters. The van der Waals surface area contributed by atoms with Crippen molar-refractivity contribution in [3.05, 3.63) is 0 Å². The van der Waals surface area contributed by atoms with E-state index in [9.17, 15) is 22.0 Å². The minimum atomic E-state index is -5.63. The largest absolute Gasteiger partial charge is 0.453 e. The van der Waals surface area contributed by atoms with E-state index in [1.165, 1.54) is 6.55 Å². The van der Waals surface area contributed by atoms with Crippen LogP contribution in [0.4, 0.5) is 22.0 Å². The summed E-state index contributed by atoms with van der Waals surface area (Å²) >= 11 is 0. The number of rotatable bonds is 8. The monoisotopic (exact) mass is 428 g/mol. The molecule has 0 aliphatic rings. The summed E-state index contributed by atoms with van der Waals surface area (Å²) in [5, 5.41) is 0. The molecule has 0 heterocycles. The van der Waals surface area contributed by atoms with Gasteiger partial charge in [0.1, 0.15) is 0 Å². The molecule has 0 aromatic carbocycles. The highest BCUT2D eigenvalue weighted by molar-refractivity contribution is 6.89. The number of hydrogen-bond acceptors (Lipinski definition) is 3. The minimum Gasteiger partial charge on any atom is -0.437 e. The Morgan fingerprint density at radius 3 is 1.29 bits per heavy atom. The van der Waals surface area contributed by atoms with Crippen molar-refractivity contribution in [1.82, 2.24) is 0 Å². The smallest absolute Gasteiger partial charge is 0.437 e. The molecule has 0 rings (SSSR count). The molecule has 0 spiro atoms. The molecule has 0 aromatic rings. The second kappa shape index (κ2) is 7.19. The Hall–Kier alpha value is 0.398. The first-order valence-corrected chi connectivity index (χ1v) is 19.8. The van der Waals surface area contributed by atoms with E-state index < -0.39 is 51.9 Å². The third kappa shape index (κ3) is 9.19. The van der Waals surface area contributed by atoms with Crippen LogP contribution in [0, 0.1) is 0 Å². The second-order valence-electron chi connectivity index (χ2n) is 8.44. The topological polar surface area (TPSA) is 27.7 Å². The molecule has 0 aromatic heterocycles. The van der Waals surface area contributed by atoms with Gasteiger partial charge in [0.2, 0.25) is 0 Å². The minimum absolute atomic E-state index is 1.28. The van der Waals surface area contributed by atoms with Crippen LogP contribution in [0.3, 0.4) is 0 Å². The van der Waals surface area contributed by atoms with Gasteiger partial charge in [0, 0.05) is 0 Å². The average molecular weight is 429 g/mol. The molecule has 0 amide bonds. The van der Waals surface area contributed by atoms with E-state index in [0.717, 1.165) is 0 Å². The Morgan fingerprint density at radius 1 is 0.625 bits per heavy atom. The summed E-state index contributed by atoms with van der Waals surface area (Å²) in [4.78, 5) is 0. The van der Waals surface area contributed by atoms with Crippen molar-refractivity contribution in [3.63, 3.8) is 0 Å². The summed E-state index contributed by atoms with van der Waals surface area (Å²) in [5.74, 6) is -4.85. The highest BCUT2D eigenvalue weighted by Crippen LogP contribution is 2.43. The first kappa shape index (κ1) is 24.4. The Labute approximate surface area is 145 Å². The van der Waals surface area contributed by atoms with Crippen molar-refractivity contribution in [1.29, 1.82) is 0 Å². The third-order valence-corrected chi connectivity index (χ3v) is 15.9. The van der Waals surface area contributed by atoms with Crippen LogP contribution in [0.15, 0.2) is 0 Å². The molecular formula is C12H29F5O3Si4. The summed E-state index contributed by atoms with van der Waals surface area (Å²) in [6, 6.07) is -1.46. The van der Waals surface area contributed by atoms with Crippen LogP contribution in [-0.2, 0) is 12.3 Å². The molecular weight excluding hydrogens is 399 g/mol. The maximum absolute atomic E-state index is 13.7. The molecule has 0 radical (unpaired) electrons. The average Bonchev–Trinajstić information content (AvgIpc) is 2.02. The van der Waals surface area contributed by atoms with E-state index in [2.05, 4.69) is 0 Å². The van der Waals surface area contributed by atoms with Gasteiger partial charge in [0.15, 0.2) is 16.6 Å². The van der Waals surface area contributed by atoms with Gasteiger partial charge in [-0.25, -0.2) is 0 Å². The van der Waals surface area contributed by atoms with E-state index in [1.54, 1.807) is 32.7 Å². The van der Waals surface area contributed by atoms with E-state index in [1.807, 2.05) is 19.6 Å². The van der Waals surface area contributed by atoms with Crippen LogP contribution >= 0.6 is 0 Å². The van der Waals surface area contributed by atoms with Gasteiger partial charge in [-0.2, -0.15) is 22.0 Å². The second-order valence-corrected chi connectivity index (χ2v) is 24.8. The molecule has 3 nitrogen and oxygen atoms in total. The summed E-state index contributed by atoms with van der Waals surface area (Å²) in [5.41, 5.74) is 0. The van der Waals surface area contributed by atoms with Crippen molar-refractivity contribution >= 4 is 33.8 Å². The van der Waals surface area contributed by atoms with Crippen LogP contribution < -0.4 is 0 Å². The van der Waals surface area contributed by atoms with Crippen LogP contribution in [0.25, 0.3) is 0 Å².